The SMILES string of the molecule is N[C@H](c1ccccc1O)C1CCCCC1. The maximum Gasteiger partial charge on any atom is 0.120 e. The van der Waals surface area contributed by atoms with E-state index in [1.165, 1.54) is 32.1 Å². The number of benzene rings is 1. The Morgan fingerprint density at radius 1 is 1.13 bits per heavy atom. The third-order valence-corrected chi connectivity index (χ3v) is 3.45. The van der Waals surface area contributed by atoms with Gasteiger partial charge in [-0.05, 0) is 24.8 Å². The first kappa shape index (κ1) is 10.5. The average Bonchev–Trinajstić information content (AvgIpc) is 2.30. The van der Waals surface area contributed by atoms with E-state index < -0.39 is 0 Å². The minimum Gasteiger partial charge on any atom is -0.508 e. The van der Waals surface area contributed by atoms with Crippen molar-refractivity contribution in [3.8, 4) is 5.75 Å². The largest absolute Gasteiger partial charge is 0.508 e. The normalized spacial score (nSPS) is 20.1. The highest BCUT2D eigenvalue weighted by molar-refractivity contribution is 5.34. The first-order valence-electron chi connectivity index (χ1n) is 5.82. The van der Waals surface area contributed by atoms with Crippen LogP contribution in [0.25, 0.3) is 0 Å². The molecule has 0 saturated heterocycles. The zero-order valence-corrected chi connectivity index (χ0v) is 9.02. The molecule has 2 heteroatoms. The maximum atomic E-state index is 9.73. The molecule has 0 heterocycles. The molecule has 0 amide bonds. The van der Waals surface area contributed by atoms with E-state index in [2.05, 4.69) is 0 Å². The molecule has 3 N–H and O–H groups in total. The summed E-state index contributed by atoms with van der Waals surface area (Å²) in [4.78, 5) is 0. The van der Waals surface area contributed by atoms with Gasteiger partial charge in [0.1, 0.15) is 5.75 Å². The van der Waals surface area contributed by atoms with E-state index in [0.717, 1.165) is 5.56 Å². The van der Waals surface area contributed by atoms with Crippen LogP contribution in [0.15, 0.2) is 24.3 Å². The van der Waals surface area contributed by atoms with Crippen LogP contribution >= 0.6 is 0 Å². The standard InChI is InChI=1S/C13H19NO/c14-13(10-6-2-1-3-7-10)11-8-4-5-9-12(11)15/h4-5,8-10,13,15H,1-3,6-7,14H2/t13-/m0/s1. The van der Waals surface area contributed by atoms with Gasteiger partial charge in [-0.25, -0.2) is 0 Å². The number of phenols is 1. The minimum atomic E-state index is 0.00602. The van der Waals surface area contributed by atoms with Gasteiger partial charge in [0.05, 0.1) is 0 Å². The molecule has 2 nitrogen and oxygen atoms in total. The molecule has 82 valence electrons. The Labute approximate surface area is 91.1 Å². The highest BCUT2D eigenvalue weighted by Crippen LogP contribution is 2.35. The minimum absolute atomic E-state index is 0.00602. The summed E-state index contributed by atoms with van der Waals surface area (Å²) in [6.07, 6.45) is 6.31. The molecule has 1 aromatic rings. The van der Waals surface area contributed by atoms with Crippen LogP contribution in [0.4, 0.5) is 0 Å². The Morgan fingerprint density at radius 3 is 2.47 bits per heavy atom. The Kier molecular flexibility index (Phi) is 3.27. The summed E-state index contributed by atoms with van der Waals surface area (Å²) < 4.78 is 0. The van der Waals surface area contributed by atoms with Gasteiger partial charge < -0.3 is 10.8 Å². The van der Waals surface area contributed by atoms with Crippen molar-refractivity contribution in [3.63, 3.8) is 0 Å². The first-order valence-corrected chi connectivity index (χ1v) is 5.82. The number of rotatable bonds is 2. The van der Waals surface area contributed by atoms with Crippen LogP contribution in [0, 0.1) is 5.92 Å². The maximum absolute atomic E-state index is 9.73. The van der Waals surface area contributed by atoms with E-state index in [1.54, 1.807) is 6.07 Å². The predicted octanol–water partition coefficient (Wildman–Crippen LogP) is 2.97. The molecule has 1 saturated carbocycles. The van der Waals surface area contributed by atoms with Crippen LogP contribution in [-0.4, -0.2) is 5.11 Å². The lowest BCUT2D eigenvalue weighted by Gasteiger charge is -2.28. The molecule has 1 fully saturated rings. The molecular weight excluding hydrogens is 186 g/mol. The zero-order valence-electron chi connectivity index (χ0n) is 9.02. The van der Waals surface area contributed by atoms with Crippen LogP contribution in [-0.2, 0) is 0 Å². The molecule has 0 unspecified atom stereocenters. The fourth-order valence-electron chi connectivity index (χ4n) is 2.52. The zero-order chi connectivity index (χ0) is 10.7. The van der Waals surface area contributed by atoms with Gasteiger partial charge in [-0.3, -0.25) is 0 Å². The highest BCUT2D eigenvalue weighted by atomic mass is 16.3. The monoisotopic (exact) mass is 205 g/mol. The van der Waals surface area contributed by atoms with Crippen LogP contribution in [0.1, 0.15) is 43.7 Å². The first-order chi connectivity index (χ1) is 7.29. The Bertz CT molecular complexity index is 318. The summed E-state index contributed by atoms with van der Waals surface area (Å²) in [6.45, 7) is 0. The quantitative estimate of drug-likeness (QED) is 0.779. The molecule has 15 heavy (non-hydrogen) atoms. The van der Waals surface area contributed by atoms with Crippen molar-refractivity contribution in [2.75, 3.05) is 0 Å². The van der Waals surface area contributed by atoms with Gasteiger partial charge in [0, 0.05) is 11.6 Å². The third-order valence-electron chi connectivity index (χ3n) is 3.45. The lowest BCUT2D eigenvalue weighted by atomic mass is 9.81. The summed E-state index contributed by atoms with van der Waals surface area (Å²) >= 11 is 0. The van der Waals surface area contributed by atoms with Gasteiger partial charge in [-0.15, -0.1) is 0 Å². The highest BCUT2D eigenvalue weighted by Gasteiger charge is 2.23. The molecule has 2 rings (SSSR count). The number of nitrogens with two attached hydrogens (primary N) is 1. The molecular formula is C13H19NO. The average molecular weight is 205 g/mol. The molecule has 1 aromatic carbocycles. The predicted molar refractivity (Wildman–Crippen MR) is 61.6 cm³/mol. The van der Waals surface area contributed by atoms with Gasteiger partial charge in [0.15, 0.2) is 0 Å². The van der Waals surface area contributed by atoms with E-state index in [9.17, 15) is 5.11 Å². The molecule has 0 bridgehead atoms. The lowest BCUT2D eigenvalue weighted by Crippen LogP contribution is -2.23. The van der Waals surface area contributed by atoms with Crippen molar-refractivity contribution in [1.29, 1.82) is 0 Å². The molecule has 1 atom stereocenters. The van der Waals surface area contributed by atoms with Crippen molar-refractivity contribution in [1.82, 2.24) is 0 Å². The van der Waals surface area contributed by atoms with Gasteiger partial charge in [0.2, 0.25) is 0 Å². The molecule has 1 aliphatic rings. The summed E-state index contributed by atoms with van der Waals surface area (Å²) in [5.74, 6) is 0.891. The van der Waals surface area contributed by atoms with Crippen molar-refractivity contribution in [3.05, 3.63) is 29.8 Å². The number of hydrogen-bond donors (Lipinski definition) is 2. The second-order valence-electron chi connectivity index (χ2n) is 4.48. The summed E-state index contributed by atoms with van der Waals surface area (Å²) in [5, 5.41) is 9.73. The molecule has 0 aromatic heterocycles. The van der Waals surface area contributed by atoms with Crippen LogP contribution in [0.2, 0.25) is 0 Å². The van der Waals surface area contributed by atoms with E-state index in [4.69, 9.17) is 5.73 Å². The van der Waals surface area contributed by atoms with E-state index in [0.29, 0.717) is 11.7 Å². The van der Waals surface area contributed by atoms with Crippen LogP contribution in [0.5, 0.6) is 5.75 Å². The van der Waals surface area contributed by atoms with Crippen LogP contribution in [0.3, 0.4) is 0 Å². The smallest absolute Gasteiger partial charge is 0.120 e. The second kappa shape index (κ2) is 4.67. The molecule has 0 spiro atoms. The Balaban J connectivity index is 2.12. The summed E-state index contributed by atoms with van der Waals surface area (Å²) in [6, 6.07) is 7.45. The number of aromatic hydroxyl groups is 1. The number of para-hydroxylation sites is 1. The van der Waals surface area contributed by atoms with Crippen molar-refractivity contribution in [2.24, 2.45) is 11.7 Å². The van der Waals surface area contributed by atoms with E-state index >= 15 is 0 Å². The van der Waals surface area contributed by atoms with Gasteiger partial charge >= 0.3 is 0 Å². The summed E-state index contributed by atoms with van der Waals surface area (Å²) in [5.41, 5.74) is 7.12. The second-order valence-corrected chi connectivity index (χ2v) is 4.48. The van der Waals surface area contributed by atoms with E-state index in [-0.39, 0.29) is 6.04 Å². The lowest BCUT2D eigenvalue weighted by molar-refractivity contribution is 0.303. The van der Waals surface area contributed by atoms with Gasteiger partial charge in [-0.1, -0.05) is 37.5 Å². The van der Waals surface area contributed by atoms with Gasteiger partial charge in [0.25, 0.3) is 0 Å². The van der Waals surface area contributed by atoms with E-state index in [1.807, 2.05) is 18.2 Å². The molecule has 1 aliphatic carbocycles. The van der Waals surface area contributed by atoms with Crippen molar-refractivity contribution in [2.45, 2.75) is 38.1 Å². The third kappa shape index (κ3) is 2.32. The fraction of sp³-hybridized carbons (Fsp3) is 0.538. The summed E-state index contributed by atoms with van der Waals surface area (Å²) in [7, 11) is 0. The van der Waals surface area contributed by atoms with Crippen LogP contribution < -0.4 is 5.73 Å². The van der Waals surface area contributed by atoms with Crippen molar-refractivity contribution >= 4 is 0 Å². The van der Waals surface area contributed by atoms with Crippen molar-refractivity contribution < 1.29 is 5.11 Å². The Morgan fingerprint density at radius 2 is 1.80 bits per heavy atom. The number of hydrogen-bond acceptors (Lipinski definition) is 2. The van der Waals surface area contributed by atoms with Gasteiger partial charge in [-0.2, -0.15) is 0 Å². The molecule has 0 radical (unpaired) electrons. The Hall–Kier alpha value is -1.02. The number of phenolic OH excluding ortho intramolecular Hbond substituents is 1. The topological polar surface area (TPSA) is 46.2 Å². The fourth-order valence-corrected chi connectivity index (χ4v) is 2.52. The molecule has 0 aliphatic heterocycles.